The molecule has 1 saturated heterocycles. The Kier molecular flexibility index (Phi) is 5.36. The van der Waals surface area contributed by atoms with Gasteiger partial charge in [0.15, 0.2) is 0 Å². The predicted octanol–water partition coefficient (Wildman–Crippen LogP) is 5.25. The lowest BCUT2D eigenvalue weighted by atomic mass is 10.1. The second kappa shape index (κ2) is 8.04. The molecular weight excluding hydrogens is 340 g/mol. The molecule has 0 aromatic heterocycles. The molecule has 3 aromatic carbocycles. The smallest absolute Gasteiger partial charge is 0.208 e. The van der Waals surface area contributed by atoms with E-state index in [0.717, 1.165) is 6.61 Å². The Balaban J connectivity index is 1.73. The van der Waals surface area contributed by atoms with Gasteiger partial charge in [-0.05, 0) is 47.0 Å². The Labute approximate surface area is 155 Å². The Hall–Kier alpha value is -1.81. The maximum absolute atomic E-state index is 6.22. The summed E-state index contributed by atoms with van der Waals surface area (Å²) < 4.78 is 6.22. The summed E-state index contributed by atoms with van der Waals surface area (Å²) in [5.41, 5.74) is 2.69. The molecule has 1 heterocycles. The van der Waals surface area contributed by atoms with Gasteiger partial charge in [0.2, 0.25) is 9.04 Å². The molecule has 1 atom stereocenters. The van der Waals surface area contributed by atoms with Gasteiger partial charge in [-0.25, -0.2) is 0 Å². The molecule has 0 saturated carbocycles. The van der Waals surface area contributed by atoms with E-state index in [1.165, 1.54) is 45.0 Å². The maximum atomic E-state index is 6.22. The molecule has 126 valence electrons. The van der Waals surface area contributed by atoms with Crippen LogP contribution in [-0.4, -0.2) is 15.6 Å². The van der Waals surface area contributed by atoms with Crippen LogP contribution in [0.5, 0.6) is 0 Å². The van der Waals surface area contributed by atoms with Crippen LogP contribution < -0.4 is 5.19 Å². The highest BCUT2D eigenvalue weighted by atomic mass is 32.2. The van der Waals surface area contributed by atoms with Gasteiger partial charge in [0, 0.05) is 16.4 Å². The summed E-state index contributed by atoms with van der Waals surface area (Å²) in [7, 11) is -1.31. The zero-order chi connectivity index (χ0) is 16.9. The van der Waals surface area contributed by atoms with E-state index in [2.05, 4.69) is 78.9 Å². The van der Waals surface area contributed by atoms with E-state index in [-0.39, 0.29) is 0 Å². The van der Waals surface area contributed by atoms with Crippen molar-refractivity contribution in [3.63, 3.8) is 0 Å². The van der Waals surface area contributed by atoms with Crippen molar-refractivity contribution >= 4 is 26.0 Å². The Morgan fingerprint density at radius 1 is 0.720 bits per heavy atom. The van der Waals surface area contributed by atoms with Gasteiger partial charge in [-0.1, -0.05) is 78.8 Å². The van der Waals surface area contributed by atoms with E-state index >= 15 is 0 Å². The maximum Gasteiger partial charge on any atom is 0.208 e. The summed E-state index contributed by atoms with van der Waals surface area (Å²) in [5, 5.41) is 1.46. The topological polar surface area (TPSA) is 9.23 Å². The highest BCUT2D eigenvalue weighted by molar-refractivity contribution is 7.99. The molecule has 1 nitrogen and oxygen atoms in total. The molecule has 0 radical (unpaired) electrons. The van der Waals surface area contributed by atoms with Gasteiger partial charge in [-0.2, -0.15) is 0 Å². The summed E-state index contributed by atoms with van der Waals surface area (Å²) in [6.07, 6.45) is 2.53. The van der Waals surface area contributed by atoms with Gasteiger partial charge in [0.05, 0.1) is 0 Å². The number of hydrogen-bond acceptors (Lipinski definition) is 2. The van der Waals surface area contributed by atoms with Gasteiger partial charge < -0.3 is 4.43 Å². The molecule has 1 aliphatic heterocycles. The average Bonchev–Trinajstić information content (AvgIpc) is 2.70. The average molecular weight is 363 g/mol. The van der Waals surface area contributed by atoms with Crippen molar-refractivity contribution < 1.29 is 4.43 Å². The zero-order valence-electron chi connectivity index (χ0n) is 14.2. The second-order valence-corrected chi connectivity index (χ2v) is 9.98. The highest BCUT2D eigenvalue weighted by Gasteiger charge is 2.22. The van der Waals surface area contributed by atoms with Crippen LogP contribution in [0.3, 0.4) is 0 Å². The first-order chi connectivity index (χ1) is 12.4. The molecule has 0 amide bonds. The van der Waals surface area contributed by atoms with Crippen molar-refractivity contribution in [2.75, 3.05) is 6.61 Å². The lowest BCUT2D eigenvalue weighted by Crippen LogP contribution is -2.37. The van der Waals surface area contributed by atoms with Crippen LogP contribution in [0.15, 0.2) is 88.7 Å². The Bertz CT molecular complexity index is 828. The second-order valence-electron chi connectivity index (χ2n) is 6.35. The fourth-order valence-corrected chi connectivity index (χ4v) is 7.08. The number of benzene rings is 3. The fourth-order valence-electron chi connectivity index (χ4n) is 3.40. The van der Waals surface area contributed by atoms with Crippen LogP contribution in [0.25, 0.3) is 11.1 Å². The lowest BCUT2D eigenvalue weighted by Gasteiger charge is -2.24. The molecule has 0 spiro atoms. The van der Waals surface area contributed by atoms with E-state index in [1.54, 1.807) is 0 Å². The minimum Gasteiger partial charge on any atom is -0.415 e. The third kappa shape index (κ3) is 3.89. The van der Waals surface area contributed by atoms with Crippen LogP contribution >= 0.6 is 11.8 Å². The van der Waals surface area contributed by atoms with Crippen molar-refractivity contribution in [1.82, 2.24) is 0 Å². The monoisotopic (exact) mass is 362 g/mol. The van der Waals surface area contributed by atoms with E-state index in [4.69, 9.17) is 4.43 Å². The first-order valence-electron chi connectivity index (χ1n) is 8.94. The molecule has 3 heteroatoms. The van der Waals surface area contributed by atoms with Gasteiger partial charge in [0.1, 0.15) is 0 Å². The largest absolute Gasteiger partial charge is 0.415 e. The van der Waals surface area contributed by atoms with Crippen molar-refractivity contribution in [3.8, 4) is 11.1 Å². The highest BCUT2D eigenvalue weighted by Crippen LogP contribution is 2.35. The van der Waals surface area contributed by atoms with Gasteiger partial charge >= 0.3 is 0 Å². The fraction of sp³-hybridized carbons (Fsp3) is 0.182. The number of hydrogen-bond donors (Lipinski definition) is 0. The normalized spacial score (nSPS) is 17.4. The molecule has 25 heavy (non-hydrogen) atoms. The van der Waals surface area contributed by atoms with Gasteiger partial charge in [-0.3, -0.25) is 0 Å². The minimum absolute atomic E-state index is 0.936. The summed E-state index contributed by atoms with van der Waals surface area (Å²) in [6.45, 7) is 0.936. The molecular formula is C22H22OSSi. The van der Waals surface area contributed by atoms with Crippen molar-refractivity contribution in [2.24, 2.45) is 0 Å². The first kappa shape index (κ1) is 16.6. The molecule has 1 aliphatic rings. The van der Waals surface area contributed by atoms with Crippen LogP contribution in [0.1, 0.15) is 12.8 Å². The van der Waals surface area contributed by atoms with Crippen LogP contribution in [0.2, 0.25) is 6.04 Å². The summed E-state index contributed by atoms with van der Waals surface area (Å²) >= 11 is 1.84. The van der Waals surface area contributed by atoms with E-state index < -0.39 is 9.04 Å². The SMILES string of the molecule is c1ccc(Sc2ccccc2-c2ccccc2[SiH]2CCCCO2)cc1. The standard InChI is InChI=1S/C22H22OSSi/c1-2-10-18(11-3-1)24-21-14-6-4-12-19(21)20-13-5-7-15-22(20)25-17-9-8-16-23-25/h1-7,10-15,25H,8-9,16-17H2. The molecule has 0 bridgehead atoms. The van der Waals surface area contributed by atoms with E-state index in [9.17, 15) is 0 Å². The molecule has 0 N–H and O–H groups in total. The van der Waals surface area contributed by atoms with Crippen molar-refractivity contribution in [3.05, 3.63) is 78.9 Å². The van der Waals surface area contributed by atoms with E-state index in [0.29, 0.717) is 0 Å². The van der Waals surface area contributed by atoms with Crippen molar-refractivity contribution in [2.45, 2.75) is 28.7 Å². The summed E-state index contributed by atoms with van der Waals surface area (Å²) in [6, 6.07) is 29.5. The van der Waals surface area contributed by atoms with Crippen molar-refractivity contribution in [1.29, 1.82) is 0 Å². The summed E-state index contributed by atoms with van der Waals surface area (Å²) in [5.74, 6) is 0. The lowest BCUT2D eigenvalue weighted by molar-refractivity contribution is 0.294. The van der Waals surface area contributed by atoms with E-state index in [1.807, 2.05) is 11.8 Å². The molecule has 1 unspecified atom stereocenters. The zero-order valence-corrected chi connectivity index (χ0v) is 16.2. The minimum atomic E-state index is -1.31. The van der Waals surface area contributed by atoms with Gasteiger partial charge in [-0.15, -0.1) is 0 Å². The van der Waals surface area contributed by atoms with Crippen LogP contribution in [0.4, 0.5) is 0 Å². The van der Waals surface area contributed by atoms with Crippen LogP contribution in [0, 0.1) is 0 Å². The molecule has 1 fully saturated rings. The first-order valence-corrected chi connectivity index (χ1v) is 11.6. The molecule has 4 rings (SSSR count). The molecule has 0 aliphatic carbocycles. The predicted molar refractivity (Wildman–Crippen MR) is 109 cm³/mol. The molecule has 3 aromatic rings. The number of rotatable bonds is 4. The van der Waals surface area contributed by atoms with Crippen LogP contribution in [-0.2, 0) is 4.43 Å². The van der Waals surface area contributed by atoms with Gasteiger partial charge in [0.25, 0.3) is 0 Å². The summed E-state index contributed by atoms with van der Waals surface area (Å²) in [4.78, 5) is 2.59. The quantitative estimate of drug-likeness (QED) is 0.587. The third-order valence-corrected chi connectivity index (χ3v) is 8.49. The Morgan fingerprint density at radius 2 is 1.44 bits per heavy atom. The third-order valence-electron chi connectivity index (χ3n) is 4.64. The Morgan fingerprint density at radius 3 is 2.24 bits per heavy atom.